The van der Waals surface area contributed by atoms with Crippen LogP contribution in [0.25, 0.3) is 11.3 Å². The SMILES string of the molecule is O=C1CCc2cc(-c3csc(COc4ccc(F)cc4)n3)ccc2N1. The highest BCUT2D eigenvalue weighted by Gasteiger charge is 2.16. The number of halogens is 1. The Balaban J connectivity index is 1.47. The standard InChI is InChI=1S/C19H15FN2O2S/c20-14-3-5-15(6-4-14)24-10-19-22-17(11-25-19)13-1-7-16-12(9-13)2-8-18(23)21-16/h1,3-7,9,11H,2,8,10H2,(H,21,23). The van der Waals surface area contributed by atoms with Crippen molar-refractivity contribution in [3.8, 4) is 17.0 Å². The average Bonchev–Trinajstić information content (AvgIpc) is 3.10. The fourth-order valence-corrected chi connectivity index (χ4v) is 3.44. The summed E-state index contributed by atoms with van der Waals surface area (Å²) in [5.41, 5.74) is 3.94. The molecular formula is C19H15FN2O2S. The summed E-state index contributed by atoms with van der Waals surface area (Å²) in [6, 6.07) is 11.9. The highest BCUT2D eigenvalue weighted by Crippen LogP contribution is 2.29. The molecule has 0 radical (unpaired) electrons. The van der Waals surface area contributed by atoms with E-state index in [-0.39, 0.29) is 11.7 Å². The predicted molar refractivity (Wildman–Crippen MR) is 95.2 cm³/mol. The summed E-state index contributed by atoms with van der Waals surface area (Å²) >= 11 is 1.52. The van der Waals surface area contributed by atoms with E-state index in [2.05, 4.69) is 16.4 Å². The molecule has 0 saturated carbocycles. The van der Waals surface area contributed by atoms with Crippen LogP contribution in [0.3, 0.4) is 0 Å². The van der Waals surface area contributed by atoms with E-state index in [0.717, 1.165) is 33.9 Å². The Morgan fingerprint density at radius 1 is 1.16 bits per heavy atom. The van der Waals surface area contributed by atoms with Crippen molar-refractivity contribution in [2.45, 2.75) is 19.4 Å². The van der Waals surface area contributed by atoms with Crippen molar-refractivity contribution in [1.82, 2.24) is 4.98 Å². The van der Waals surface area contributed by atoms with Gasteiger partial charge in [0.15, 0.2) is 0 Å². The molecule has 1 aromatic heterocycles. The van der Waals surface area contributed by atoms with Gasteiger partial charge in [-0.05, 0) is 48.4 Å². The van der Waals surface area contributed by atoms with E-state index in [4.69, 9.17) is 4.74 Å². The van der Waals surface area contributed by atoms with Crippen LogP contribution in [0, 0.1) is 5.82 Å². The summed E-state index contributed by atoms with van der Waals surface area (Å²) in [4.78, 5) is 16.0. The molecular weight excluding hydrogens is 339 g/mol. The van der Waals surface area contributed by atoms with Crippen LogP contribution < -0.4 is 10.1 Å². The third kappa shape index (κ3) is 3.53. The van der Waals surface area contributed by atoms with Crippen LogP contribution in [0.2, 0.25) is 0 Å². The minimum atomic E-state index is -0.285. The van der Waals surface area contributed by atoms with Gasteiger partial charge in [0.05, 0.1) is 5.69 Å². The average molecular weight is 354 g/mol. The molecule has 1 amide bonds. The maximum absolute atomic E-state index is 12.9. The number of hydrogen-bond acceptors (Lipinski definition) is 4. The predicted octanol–water partition coefficient (Wildman–Crippen LogP) is 4.41. The van der Waals surface area contributed by atoms with Gasteiger partial charge in [0.25, 0.3) is 0 Å². The fourth-order valence-electron chi connectivity index (χ4n) is 2.73. The van der Waals surface area contributed by atoms with Gasteiger partial charge in [-0.15, -0.1) is 11.3 Å². The molecule has 4 nitrogen and oxygen atoms in total. The van der Waals surface area contributed by atoms with Crippen LogP contribution in [-0.4, -0.2) is 10.9 Å². The zero-order valence-electron chi connectivity index (χ0n) is 13.3. The Morgan fingerprint density at radius 3 is 2.84 bits per heavy atom. The zero-order chi connectivity index (χ0) is 17.2. The van der Waals surface area contributed by atoms with Crippen molar-refractivity contribution < 1.29 is 13.9 Å². The van der Waals surface area contributed by atoms with Gasteiger partial charge in [0.2, 0.25) is 5.91 Å². The molecule has 0 bridgehead atoms. The van der Waals surface area contributed by atoms with Gasteiger partial charge in [0, 0.05) is 23.1 Å². The lowest BCUT2D eigenvalue weighted by Crippen LogP contribution is -2.18. The normalized spacial score (nSPS) is 13.2. The summed E-state index contributed by atoms with van der Waals surface area (Å²) < 4.78 is 18.5. The van der Waals surface area contributed by atoms with Gasteiger partial charge < -0.3 is 10.1 Å². The molecule has 0 atom stereocenters. The van der Waals surface area contributed by atoms with Gasteiger partial charge in [-0.25, -0.2) is 9.37 Å². The van der Waals surface area contributed by atoms with Crippen LogP contribution in [0.15, 0.2) is 47.8 Å². The number of rotatable bonds is 4. The molecule has 1 N–H and O–H groups in total. The zero-order valence-corrected chi connectivity index (χ0v) is 14.1. The Hall–Kier alpha value is -2.73. The van der Waals surface area contributed by atoms with Gasteiger partial charge in [-0.2, -0.15) is 0 Å². The number of thiazole rings is 1. The molecule has 1 aliphatic rings. The number of carbonyl (C=O) groups excluding carboxylic acids is 1. The van der Waals surface area contributed by atoms with Crippen molar-refractivity contribution in [2.24, 2.45) is 0 Å². The van der Waals surface area contributed by atoms with Crippen LogP contribution in [0.1, 0.15) is 17.0 Å². The number of amides is 1. The first-order chi connectivity index (χ1) is 12.2. The van der Waals surface area contributed by atoms with Crippen LogP contribution in [-0.2, 0) is 17.8 Å². The number of ether oxygens (including phenoxy) is 1. The quantitative estimate of drug-likeness (QED) is 0.755. The number of aryl methyl sites for hydroxylation is 1. The highest BCUT2D eigenvalue weighted by molar-refractivity contribution is 7.09. The van der Waals surface area contributed by atoms with Crippen LogP contribution in [0.4, 0.5) is 10.1 Å². The molecule has 2 aromatic carbocycles. The minimum absolute atomic E-state index is 0.0640. The molecule has 0 spiro atoms. The molecule has 25 heavy (non-hydrogen) atoms. The van der Waals surface area contributed by atoms with Crippen molar-refractivity contribution in [3.63, 3.8) is 0 Å². The minimum Gasteiger partial charge on any atom is -0.486 e. The topological polar surface area (TPSA) is 51.2 Å². The number of hydrogen-bond donors (Lipinski definition) is 1. The van der Waals surface area contributed by atoms with E-state index in [1.165, 1.54) is 23.5 Å². The van der Waals surface area contributed by atoms with Gasteiger partial charge >= 0.3 is 0 Å². The lowest BCUT2D eigenvalue weighted by molar-refractivity contribution is -0.116. The highest BCUT2D eigenvalue weighted by atomic mass is 32.1. The monoisotopic (exact) mass is 354 g/mol. The second-order valence-corrected chi connectivity index (χ2v) is 6.73. The molecule has 0 unspecified atom stereocenters. The van der Waals surface area contributed by atoms with Gasteiger partial charge in [0.1, 0.15) is 23.2 Å². The van der Waals surface area contributed by atoms with Gasteiger partial charge in [-0.3, -0.25) is 4.79 Å². The first kappa shape index (κ1) is 15.8. The molecule has 1 aliphatic heterocycles. The lowest BCUT2D eigenvalue weighted by Gasteiger charge is -2.17. The third-order valence-corrected chi connectivity index (χ3v) is 4.85. The maximum atomic E-state index is 12.9. The summed E-state index contributed by atoms with van der Waals surface area (Å²) in [5.74, 6) is 0.393. The second-order valence-electron chi connectivity index (χ2n) is 5.79. The number of nitrogens with one attached hydrogen (secondary N) is 1. The Kier molecular flexibility index (Phi) is 4.19. The number of aromatic nitrogens is 1. The lowest BCUT2D eigenvalue weighted by atomic mass is 9.99. The smallest absolute Gasteiger partial charge is 0.224 e. The molecule has 0 saturated heterocycles. The van der Waals surface area contributed by atoms with Crippen LogP contribution >= 0.6 is 11.3 Å². The number of fused-ring (bicyclic) bond motifs is 1. The van der Waals surface area contributed by atoms with E-state index in [1.807, 2.05) is 17.5 Å². The van der Waals surface area contributed by atoms with E-state index in [9.17, 15) is 9.18 Å². The molecule has 0 fully saturated rings. The van der Waals surface area contributed by atoms with E-state index in [0.29, 0.717) is 18.8 Å². The maximum Gasteiger partial charge on any atom is 0.224 e. The molecule has 6 heteroatoms. The van der Waals surface area contributed by atoms with Gasteiger partial charge in [-0.1, -0.05) is 6.07 Å². The van der Waals surface area contributed by atoms with E-state index < -0.39 is 0 Å². The molecule has 3 aromatic rings. The molecule has 0 aliphatic carbocycles. The first-order valence-electron chi connectivity index (χ1n) is 7.93. The van der Waals surface area contributed by atoms with Crippen molar-refractivity contribution in [1.29, 1.82) is 0 Å². The molecule has 2 heterocycles. The summed E-state index contributed by atoms with van der Waals surface area (Å²) in [6.45, 7) is 0.345. The number of carbonyl (C=O) groups is 1. The molecule has 126 valence electrons. The third-order valence-electron chi connectivity index (χ3n) is 4.02. The van der Waals surface area contributed by atoms with Crippen molar-refractivity contribution in [2.75, 3.05) is 5.32 Å². The second kappa shape index (κ2) is 6.64. The van der Waals surface area contributed by atoms with Crippen LogP contribution in [0.5, 0.6) is 5.75 Å². The number of benzene rings is 2. The first-order valence-corrected chi connectivity index (χ1v) is 8.81. The Morgan fingerprint density at radius 2 is 2.00 bits per heavy atom. The van der Waals surface area contributed by atoms with E-state index in [1.54, 1.807) is 12.1 Å². The summed E-state index contributed by atoms with van der Waals surface area (Å²) in [7, 11) is 0. The van der Waals surface area contributed by atoms with E-state index >= 15 is 0 Å². The molecule has 4 rings (SSSR count). The fraction of sp³-hybridized carbons (Fsp3) is 0.158. The summed E-state index contributed by atoms with van der Waals surface area (Å²) in [5, 5.41) is 5.73. The number of nitrogens with zero attached hydrogens (tertiary/aromatic N) is 1. The Bertz CT molecular complexity index is 921. The largest absolute Gasteiger partial charge is 0.486 e. The van der Waals surface area contributed by atoms with Crippen molar-refractivity contribution in [3.05, 3.63) is 64.2 Å². The summed E-state index contributed by atoms with van der Waals surface area (Å²) in [6.07, 6.45) is 1.27. The number of anilines is 1. The Labute approximate surface area is 148 Å². The van der Waals surface area contributed by atoms with Crippen molar-refractivity contribution >= 4 is 22.9 Å².